The van der Waals surface area contributed by atoms with Crippen molar-refractivity contribution in [1.29, 1.82) is 0 Å². The minimum atomic E-state index is -0.552. The fourth-order valence-corrected chi connectivity index (χ4v) is 2.81. The van der Waals surface area contributed by atoms with Crippen molar-refractivity contribution in [3.63, 3.8) is 0 Å². The van der Waals surface area contributed by atoms with Crippen molar-refractivity contribution >= 4 is 18.0 Å². The lowest BCUT2D eigenvalue weighted by Gasteiger charge is -2.35. The first-order valence-corrected chi connectivity index (χ1v) is 9.10. The number of esters is 1. The van der Waals surface area contributed by atoms with E-state index < -0.39 is 5.60 Å². The van der Waals surface area contributed by atoms with Gasteiger partial charge in [0.25, 0.3) is 0 Å². The van der Waals surface area contributed by atoms with Crippen LogP contribution in [0.3, 0.4) is 0 Å². The Labute approximate surface area is 150 Å². The van der Waals surface area contributed by atoms with E-state index in [0.717, 1.165) is 12.8 Å². The van der Waals surface area contributed by atoms with Crippen molar-refractivity contribution in [3.05, 3.63) is 0 Å². The van der Waals surface area contributed by atoms with Gasteiger partial charge in [0, 0.05) is 26.2 Å². The molecule has 0 aromatic rings. The molecule has 2 amide bonds. The molecule has 0 aliphatic carbocycles. The predicted molar refractivity (Wildman–Crippen MR) is 94.0 cm³/mol. The van der Waals surface area contributed by atoms with E-state index in [-0.39, 0.29) is 30.3 Å². The number of rotatable bonds is 6. The molecule has 1 fully saturated rings. The first-order valence-electron chi connectivity index (χ1n) is 9.10. The Bertz CT molecular complexity index is 473. The van der Waals surface area contributed by atoms with Crippen LogP contribution in [0.2, 0.25) is 0 Å². The van der Waals surface area contributed by atoms with E-state index in [0.29, 0.717) is 32.8 Å². The number of piperidine rings is 1. The maximum absolute atomic E-state index is 12.7. The molecule has 144 valence electrons. The van der Waals surface area contributed by atoms with Crippen LogP contribution in [0.4, 0.5) is 4.79 Å². The summed E-state index contributed by atoms with van der Waals surface area (Å²) in [6.45, 7) is 11.3. The molecule has 1 aliphatic rings. The summed E-state index contributed by atoms with van der Waals surface area (Å²) in [6, 6.07) is 0. The van der Waals surface area contributed by atoms with Gasteiger partial charge in [0.15, 0.2) is 0 Å². The molecule has 1 atom stereocenters. The smallest absolute Gasteiger partial charge is 0.410 e. The van der Waals surface area contributed by atoms with Gasteiger partial charge in [0.2, 0.25) is 5.91 Å². The first-order chi connectivity index (χ1) is 11.7. The van der Waals surface area contributed by atoms with Crippen LogP contribution >= 0.6 is 0 Å². The van der Waals surface area contributed by atoms with E-state index in [9.17, 15) is 14.4 Å². The highest BCUT2D eigenvalue weighted by atomic mass is 16.6. The second-order valence-corrected chi connectivity index (χ2v) is 7.24. The van der Waals surface area contributed by atoms with Crippen LogP contribution in [0.25, 0.3) is 0 Å². The molecule has 0 spiro atoms. The largest absolute Gasteiger partial charge is 0.466 e. The quantitative estimate of drug-likeness (QED) is 0.683. The lowest BCUT2D eigenvalue weighted by atomic mass is 9.96. The minimum absolute atomic E-state index is 0.0138. The number of hydrogen-bond acceptors (Lipinski definition) is 5. The van der Waals surface area contributed by atoms with Gasteiger partial charge >= 0.3 is 12.1 Å². The Hall–Kier alpha value is -1.79. The third-order valence-electron chi connectivity index (χ3n) is 4.01. The number of nitrogens with zero attached hydrogens (tertiary/aromatic N) is 2. The fraction of sp³-hybridized carbons (Fsp3) is 0.833. The van der Waals surface area contributed by atoms with E-state index in [4.69, 9.17) is 9.47 Å². The van der Waals surface area contributed by atoms with Gasteiger partial charge in [0.05, 0.1) is 18.9 Å². The zero-order valence-electron chi connectivity index (χ0n) is 16.2. The van der Waals surface area contributed by atoms with Crippen LogP contribution in [0.15, 0.2) is 0 Å². The number of carbonyl (C=O) groups excluding carboxylic acids is 3. The Balaban J connectivity index is 2.60. The Kier molecular flexibility index (Phi) is 8.19. The van der Waals surface area contributed by atoms with E-state index in [2.05, 4.69) is 0 Å². The van der Waals surface area contributed by atoms with E-state index in [1.165, 1.54) is 0 Å². The first kappa shape index (κ1) is 21.3. The summed E-state index contributed by atoms with van der Waals surface area (Å²) in [5.74, 6) is -0.559. The van der Waals surface area contributed by atoms with Crippen molar-refractivity contribution in [2.45, 2.75) is 59.5 Å². The number of carbonyl (C=O) groups is 3. The molecule has 1 unspecified atom stereocenters. The molecule has 0 bridgehead atoms. The monoisotopic (exact) mass is 356 g/mol. The van der Waals surface area contributed by atoms with Crippen LogP contribution < -0.4 is 0 Å². The zero-order valence-corrected chi connectivity index (χ0v) is 16.2. The lowest BCUT2D eigenvalue weighted by Crippen LogP contribution is -2.48. The maximum atomic E-state index is 12.7. The van der Waals surface area contributed by atoms with Crippen LogP contribution in [0.1, 0.15) is 53.9 Å². The second kappa shape index (κ2) is 9.63. The summed E-state index contributed by atoms with van der Waals surface area (Å²) >= 11 is 0. The summed E-state index contributed by atoms with van der Waals surface area (Å²) in [7, 11) is 0. The summed E-state index contributed by atoms with van der Waals surface area (Å²) in [6.07, 6.45) is 1.33. The molecule has 0 aromatic carbocycles. The van der Waals surface area contributed by atoms with Crippen LogP contribution in [-0.2, 0) is 19.1 Å². The van der Waals surface area contributed by atoms with Crippen molar-refractivity contribution < 1.29 is 23.9 Å². The van der Waals surface area contributed by atoms with Crippen molar-refractivity contribution in [2.24, 2.45) is 5.92 Å². The average Bonchev–Trinajstić information content (AvgIpc) is 2.54. The Morgan fingerprint density at radius 2 is 1.88 bits per heavy atom. The van der Waals surface area contributed by atoms with Crippen LogP contribution in [-0.4, -0.2) is 66.2 Å². The van der Waals surface area contributed by atoms with Crippen molar-refractivity contribution in [3.8, 4) is 0 Å². The number of likely N-dealkylation sites (tertiary alicyclic amines) is 1. The minimum Gasteiger partial charge on any atom is -0.466 e. The number of hydrogen-bond donors (Lipinski definition) is 0. The molecule has 1 aliphatic heterocycles. The second-order valence-electron chi connectivity index (χ2n) is 7.24. The molecule has 1 rings (SSSR count). The summed E-state index contributed by atoms with van der Waals surface area (Å²) < 4.78 is 10.3. The number of ether oxygens (including phenoxy) is 2. The molecule has 0 saturated carbocycles. The molecule has 25 heavy (non-hydrogen) atoms. The van der Waals surface area contributed by atoms with Gasteiger partial charge < -0.3 is 19.3 Å². The predicted octanol–water partition coefficient (Wildman–Crippen LogP) is 2.44. The van der Waals surface area contributed by atoms with Gasteiger partial charge in [-0.25, -0.2) is 4.79 Å². The highest BCUT2D eigenvalue weighted by Crippen LogP contribution is 2.21. The molecule has 1 heterocycles. The van der Waals surface area contributed by atoms with E-state index in [1.54, 1.807) is 16.7 Å². The number of amides is 2. The summed E-state index contributed by atoms with van der Waals surface area (Å²) in [5.41, 5.74) is -0.552. The molecule has 7 nitrogen and oxygen atoms in total. The van der Waals surface area contributed by atoms with Crippen molar-refractivity contribution in [2.75, 3.05) is 32.8 Å². The van der Waals surface area contributed by atoms with Crippen LogP contribution in [0, 0.1) is 5.92 Å². The standard InChI is InChI=1S/C18H32N2O5/c1-6-19(12-10-15(21)24-7-2)16(22)14-9-8-11-20(13-14)17(23)25-18(3,4)5/h14H,6-13H2,1-5H3. The zero-order chi connectivity index (χ0) is 19.0. The summed E-state index contributed by atoms with van der Waals surface area (Å²) in [4.78, 5) is 39.8. The molecule has 7 heteroatoms. The van der Waals surface area contributed by atoms with Gasteiger partial charge in [-0.2, -0.15) is 0 Å². The molecule has 0 aromatic heterocycles. The van der Waals surface area contributed by atoms with Gasteiger partial charge in [0.1, 0.15) is 5.60 Å². The fourth-order valence-electron chi connectivity index (χ4n) is 2.81. The SMILES string of the molecule is CCOC(=O)CCN(CC)C(=O)C1CCCN(C(=O)OC(C)(C)C)C1. The van der Waals surface area contributed by atoms with E-state index in [1.807, 2.05) is 27.7 Å². The third-order valence-corrected chi connectivity index (χ3v) is 4.01. The molecular formula is C18H32N2O5. The van der Waals surface area contributed by atoms with Crippen molar-refractivity contribution in [1.82, 2.24) is 9.80 Å². The van der Waals surface area contributed by atoms with Gasteiger partial charge in [-0.05, 0) is 47.5 Å². The third kappa shape index (κ3) is 7.32. The van der Waals surface area contributed by atoms with Gasteiger partial charge in [-0.1, -0.05) is 0 Å². The van der Waals surface area contributed by atoms with Gasteiger partial charge in [-0.3, -0.25) is 9.59 Å². The molecule has 1 saturated heterocycles. The lowest BCUT2D eigenvalue weighted by molar-refractivity contribution is -0.144. The van der Waals surface area contributed by atoms with Crippen LogP contribution in [0.5, 0.6) is 0 Å². The topological polar surface area (TPSA) is 76.2 Å². The average molecular weight is 356 g/mol. The highest BCUT2D eigenvalue weighted by molar-refractivity contribution is 5.81. The molecule has 0 N–H and O–H groups in total. The Morgan fingerprint density at radius 1 is 1.20 bits per heavy atom. The highest BCUT2D eigenvalue weighted by Gasteiger charge is 2.32. The van der Waals surface area contributed by atoms with E-state index >= 15 is 0 Å². The molecular weight excluding hydrogens is 324 g/mol. The van der Waals surface area contributed by atoms with Gasteiger partial charge in [-0.15, -0.1) is 0 Å². The normalized spacial score (nSPS) is 17.8. The Morgan fingerprint density at radius 3 is 2.44 bits per heavy atom. The molecule has 0 radical (unpaired) electrons. The summed E-state index contributed by atoms with van der Waals surface area (Å²) in [5, 5.41) is 0. The maximum Gasteiger partial charge on any atom is 0.410 e.